The van der Waals surface area contributed by atoms with Crippen molar-refractivity contribution >= 4 is 17.9 Å². The minimum Gasteiger partial charge on any atom is -0.444 e. The number of nitrogens with one attached hydrogen (secondary N) is 1. The fourth-order valence-corrected chi connectivity index (χ4v) is 2.96. The van der Waals surface area contributed by atoms with Gasteiger partial charge in [-0.2, -0.15) is 0 Å². The Morgan fingerprint density at radius 1 is 1.42 bits per heavy atom. The molecule has 1 saturated carbocycles. The predicted molar refractivity (Wildman–Crippen MR) is 108 cm³/mol. The maximum atomic E-state index is 11.8. The molecular weight excluding hydrogens is 346 g/mol. The van der Waals surface area contributed by atoms with E-state index in [9.17, 15) is 9.90 Å². The highest BCUT2D eigenvalue weighted by atomic mass is 32.2. The summed E-state index contributed by atoms with van der Waals surface area (Å²) in [4.78, 5) is 12.1. The van der Waals surface area contributed by atoms with Crippen LogP contribution < -0.4 is 5.32 Å². The summed E-state index contributed by atoms with van der Waals surface area (Å²) >= 11 is 0.775. The molecule has 0 bridgehead atoms. The molecule has 1 aromatic carbocycles. The van der Waals surface area contributed by atoms with Crippen LogP contribution in [0.1, 0.15) is 85.8 Å². The number of ether oxygens (including phenoxy) is 1. The number of hydrogen-bond donors (Lipinski definition) is 2. The summed E-state index contributed by atoms with van der Waals surface area (Å²) in [6, 6.07) is 6.24. The van der Waals surface area contributed by atoms with Crippen LogP contribution in [0, 0.1) is 5.89 Å². The molecule has 2 N–H and O–H groups in total. The molecule has 1 fully saturated rings. The van der Waals surface area contributed by atoms with E-state index < -0.39 is 61.3 Å². The summed E-state index contributed by atoms with van der Waals surface area (Å²) < 4.78 is 94.9. The Bertz CT molecular complexity index is 968. The topological polar surface area (TPSA) is 58.6 Å². The maximum Gasteiger partial charge on any atom is 0.407 e. The lowest BCUT2D eigenvalue weighted by Crippen LogP contribution is -2.33. The van der Waals surface area contributed by atoms with E-state index in [1.54, 1.807) is 39.0 Å². The van der Waals surface area contributed by atoms with Crippen molar-refractivity contribution in [2.75, 3.05) is 12.3 Å². The number of hydrogen-bond acceptors (Lipinski definition) is 4. The van der Waals surface area contributed by atoms with Crippen LogP contribution in [-0.2, 0) is 4.74 Å². The molecule has 1 amide bonds. The third kappa shape index (κ3) is 8.00. The van der Waals surface area contributed by atoms with Crippen LogP contribution >= 0.6 is 11.8 Å². The number of aliphatic hydroxyl groups excluding tert-OH is 1. The van der Waals surface area contributed by atoms with Gasteiger partial charge in [-0.25, -0.2) is 4.79 Å². The van der Waals surface area contributed by atoms with Crippen LogP contribution in [0.4, 0.5) is 4.79 Å². The number of benzene rings is 1. The number of amides is 1. The second-order valence-electron chi connectivity index (χ2n) is 6.70. The zero-order valence-electron chi connectivity index (χ0n) is 26.2. The minimum absolute atomic E-state index is 0.107. The lowest BCUT2D eigenvalue weighted by Gasteiger charge is -2.21. The lowest BCUT2D eigenvalue weighted by atomic mass is 9.91. The molecule has 0 spiro atoms. The van der Waals surface area contributed by atoms with Crippen molar-refractivity contribution in [3.63, 3.8) is 0 Å². The Morgan fingerprint density at radius 3 is 2.85 bits per heavy atom. The zero-order valence-corrected chi connectivity index (χ0v) is 16.0. The Kier molecular flexibility index (Phi) is 4.08. The summed E-state index contributed by atoms with van der Waals surface area (Å²) in [6.45, 7) is 5.26. The molecule has 1 aliphatic carbocycles. The van der Waals surface area contributed by atoms with E-state index in [0.29, 0.717) is 10.5 Å². The van der Waals surface area contributed by atoms with Crippen LogP contribution in [0.2, 0.25) is 0 Å². The molecule has 1 atom stereocenters. The van der Waals surface area contributed by atoms with E-state index in [0.717, 1.165) is 11.8 Å². The smallest absolute Gasteiger partial charge is 0.407 e. The Hall–Kier alpha value is -1.20. The summed E-state index contributed by atoms with van der Waals surface area (Å²) in [5, 5.41) is 13.1. The molecule has 1 unspecified atom stereocenters. The average molecular weight is 391 g/mol. The molecule has 0 heterocycles. The van der Waals surface area contributed by atoms with Crippen LogP contribution in [-0.4, -0.2) is 29.1 Å². The third-order valence-corrected chi connectivity index (χ3v) is 4.28. The first-order valence-corrected chi connectivity index (χ1v) is 9.32. The predicted octanol–water partition coefficient (Wildman–Crippen LogP) is 5.31. The highest BCUT2D eigenvalue weighted by Crippen LogP contribution is 2.31. The SMILES string of the molecule is [2H]C1([2H])C([2H])([2H])C([2H])([2H])C([2H])(CSc2cccc(C(O)CCNC(=O)OC(C)(C)C)c2)C([2H])([2H])C1([2H])[2H]. The van der Waals surface area contributed by atoms with Crippen LogP contribution in [0.5, 0.6) is 0 Å². The van der Waals surface area contributed by atoms with Crippen LogP contribution in [0.25, 0.3) is 0 Å². The molecule has 0 aromatic heterocycles. The Labute approximate surface area is 177 Å². The Morgan fingerprint density at radius 2 is 2.15 bits per heavy atom. The van der Waals surface area contributed by atoms with Gasteiger partial charge < -0.3 is 15.2 Å². The monoisotopic (exact) mass is 390 g/mol. The number of carbonyl (C=O) groups excluding carboxylic acids is 1. The largest absolute Gasteiger partial charge is 0.444 e. The van der Waals surface area contributed by atoms with Crippen molar-refractivity contribution < 1.29 is 29.7 Å². The highest BCUT2D eigenvalue weighted by Gasteiger charge is 2.17. The van der Waals surface area contributed by atoms with E-state index in [1.807, 2.05) is 0 Å². The molecule has 2 rings (SSSR count). The number of thioether (sulfide) groups is 1. The van der Waals surface area contributed by atoms with Crippen LogP contribution in [0.3, 0.4) is 0 Å². The van der Waals surface area contributed by atoms with Crippen molar-refractivity contribution in [3.05, 3.63) is 29.8 Å². The first-order valence-electron chi connectivity index (χ1n) is 13.8. The van der Waals surface area contributed by atoms with E-state index in [2.05, 4.69) is 5.32 Å². The van der Waals surface area contributed by atoms with Crippen molar-refractivity contribution in [1.29, 1.82) is 0 Å². The van der Waals surface area contributed by atoms with Gasteiger partial charge in [0.15, 0.2) is 0 Å². The van der Waals surface area contributed by atoms with Crippen molar-refractivity contribution in [1.82, 2.24) is 5.32 Å². The standard InChI is InChI=1S/C21H33NO3S/c1-21(2,3)25-20(24)22-13-12-19(23)17-10-7-11-18(14-17)26-15-16-8-5-4-6-9-16/h7,10-11,14,16,19,23H,4-6,8-9,12-13,15H2,1-3H3,(H,22,24)/i4D2,5D2,6D2,8D2,9D2,16D. The molecule has 0 aliphatic heterocycles. The van der Waals surface area contributed by atoms with Gasteiger partial charge in [-0.3, -0.25) is 0 Å². The fourth-order valence-electron chi connectivity index (χ4n) is 2.11. The Balaban J connectivity index is 2.20. The molecule has 5 heteroatoms. The normalized spacial score (nSPS) is 34.1. The number of rotatable bonds is 7. The third-order valence-electron chi connectivity index (χ3n) is 3.26. The van der Waals surface area contributed by atoms with Gasteiger partial charge in [0.2, 0.25) is 0 Å². The maximum absolute atomic E-state index is 11.8. The quantitative estimate of drug-likeness (QED) is 0.620. The first kappa shape index (κ1) is 10.4. The molecular formula is C21H33NO3S. The molecule has 0 saturated heterocycles. The second-order valence-corrected chi connectivity index (χ2v) is 7.75. The molecule has 0 radical (unpaired) electrons. The summed E-state index contributed by atoms with van der Waals surface area (Å²) in [7, 11) is 0. The number of carbonyl (C=O) groups is 1. The molecule has 26 heavy (non-hydrogen) atoms. The molecule has 4 nitrogen and oxygen atoms in total. The van der Waals surface area contributed by atoms with Gasteiger partial charge in [-0.1, -0.05) is 31.3 Å². The van der Waals surface area contributed by atoms with Gasteiger partial charge in [-0.15, -0.1) is 11.8 Å². The number of aliphatic hydroxyl groups is 1. The summed E-state index contributed by atoms with van der Waals surface area (Å²) in [5.74, 6) is -3.75. The van der Waals surface area contributed by atoms with Gasteiger partial charge >= 0.3 is 6.09 Å². The van der Waals surface area contributed by atoms with Crippen molar-refractivity contribution in [2.24, 2.45) is 5.89 Å². The zero-order chi connectivity index (χ0) is 28.9. The van der Waals surface area contributed by atoms with Gasteiger partial charge in [0, 0.05) is 32.3 Å². The summed E-state index contributed by atoms with van der Waals surface area (Å²) in [5.41, 5.74) is -0.249. The van der Waals surface area contributed by atoms with Gasteiger partial charge in [0.05, 0.1) is 6.10 Å². The van der Waals surface area contributed by atoms with Gasteiger partial charge in [0.1, 0.15) is 5.60 Å². The second kappa shape index (κ2) is 10.2. The minimum atomic E-state index is -3.56. The van der Waals surface area contributed by atoms with Gasteiger partial charge in [0.25, 0.3) is 0 Å². The lowest BCUT2D eigenvalue weighted by molar-refractivity contribution is 0.0518. The van der Waals surface area contributed by atoms with E-state index in [1.165, 1.54) is 6.07 Å². The number of alkyl carbamates (subject to hydrolysis) is 1. The molecule has 1 aliphatic rings. The highest BCUT2D eigenvalue weighted by molar-refractivity contribution is 7.99. The van der Waals surface area contributed by atoms with Gasteiger partial charge in [-0.05, 0) is 63.5 Å². The summed E-state index contributed by atoms with van der Waals surface area (Å²) in [6.07, 6.45) is -18.9. The molecule has 1 aromatic rings. The van der Waals surface area contributed by atoms with E-state index in [4.69, 9.17) is 19.8 Å². The van der Waals surface area contributed by atoms with Crippen LogP contribution in [0.15, 0.2) is 29.2 Å². The van der Waals surface area contributed by atoms with Crippen molar-refractivity contribution in [2.45, 2.75) is 75.7 Å². The average Bonchev–Trinajstić information content (AvgIpc) is 2.74. The fraction of sp³-hybridized carbons (Fsp3) is 0.667. The first-order chi connectivity index (χ1) is 16.5. The molecule has 146 valence electrons. The van der Waals surface area contributed by atoms with E-state index >= 15 is 0 Å². The van der Waals surface area contributed by atoms with E-state index in [-0.39, 0.29) is 13.0 Å². The van der Waals surface area contributed by atoms with Crippen molar-refractivity contribution in [3.8, 4) is 0 Å².